The number of anilines is 1. The van der Waals surface area contributed by atoms with Gasteiger partial charge >= 0.3 is 0 Å². The number of hydrogen-bond acceptors (Lipinski definition) is 5. The van der Waals surface area contributed by atoms with Gasteiger partial charge in [-0.25, -0.2) is 9.97 Å². The summed E-state index contributed by atoms with van der Waals surface area (Å²) in [6.07, 6.45) is 1.10. The van der Waals surface area contributed by atoms with Crippen LogP contribution in [-0.2, 0) is 0 Å². The quantitative estimate of drug-likeness (QED) is 0.352. The normalized spacial score (nSPS) is 15.8. The molecule has 2 heterocycles. The first-order valence-electron chi connectivity index (χ1n) is 10.6. The monoisotopic (exact) mass is 444 g/mol. The Hall–Kier alpha value is -3.45. The zero-order valence-electron chi connectivity index (χ0n) is 18.0. The van der Waals surface area contributed by atoms with Crippen LogP contribution in [0.5, 0.6) is 11.5 Å². The highest BCUT2D eigenvalue weighted by Crippen LogP contribution is 2.32. The molecule has 6 nitrogen and oxygen atoms in total. The highest BCUT2D eigenvalue weighted by molar-refractivity contribution is 7.80. The molecule has 1 saturated heterocycles. The predicted octanol–water partition coefficient (Wildman–Crippen LogP) is 4.99. The van der Waals surface area contributed by atoms with Crippen LogP contribution in [0.15, 0.2) is 60.7 Å². The van der Waals surface area contributed by atoms with E-state index in [1.165, 1.54) is 5.56 Å². The third-order valence-corrected chi connectivity index (χ3v) is 6.30. The average molecular weight is 445 g/mol. The molecule has 0 saturated carbocycles. The SMILES string of the molecule is COc1cc2nc3ccc(NC(=S)N4CC[C@H](c5ccccc5)C4)cc3nc2cc1OC. The van der Waals surface area contributed by atoms with Gasteiger partial charge in [-0.1, -0.05) is 30.3 Å². The third kappa shape index (κ3) is 3.91. The number of aromatic nitrogens is 2. The smallest absolute Gasteiger partial charge is 0.173 e. The number of rotatable bonds is 4. The van der Waals surface area contributed by atoms with Crippen LogP contribution in [0.4, 0.5) is 5.69 Å². The maximum atomic E-state index is 5.71. The van der Waals surface area contributed by atoms with Crippen molar-refractivity contribution in [3.05, 3.63) is 66.2 Å². The Morgan fingerprint density at radius 2 is 1.56 bits per heavy atom. The first-order chi connectivity index (χ1) is 15.6. The van der Waals surface area contributed by atoms with Crippen molar-refractivity contribution in [2.45, 2.75) is 12.3 Å². The Labute approximate surface area is 192 Å². The van der Waals surface area contributed by atoms with Gasteiger partial charge in [0.2, 0.25) is 0 Å². The van der Waals surface area contributed by atoms with E-state index in [1.54, 1.807) is 14.2 Å². The van der Waals surface area contributed by atoms with Crippen molar-refractivity contribution in [1.29, 1.82) is 0 Å². The maximum Gasteiger partial charge on any atom is 0.173 e. The molecule has 162 valence electrons. The van der Waals surface area contributed by atoms with Crippen LogP contribution in [0, 0.1) is 0 Å². The molecule has 0 radical (unpaired) electrons. The summed E-state index contributed by atoms with van der Waals surface area (Å²) in [6, 6.07) is 20.3. The number of fused-ring (bicyclic) bond motifs is 2. The molecule has 1 fully saturated rings. The summed E-state index contributed by atoms with van der Waals surface area (Å²) in [6.45, 7) is 1.88. The Morgan fingerprint density at radius 3 is 2.25 bits per heavy atom. The average Bonchev–Trinajstić information content (AvgIpc) is 3.33. The van der Waals surface area contributed by atoms with Crippen molar-refractivity contribution in [3.63, 3.8) is 0 Å². The van der Waals surface area contributed by atoms with Crippen LogP contribution in [-0.4, -0.2) is 47.3 Å². The lowest BCUT2D eigenvalue weighted by molar-refractivity contribution is 0.355. The van der Waals surface area contributed by atoms with E-state index >= 15 is 0 Å². The van der Waals surface area contributed by atoms with Gasteiger partial charge in [0.15, 0.2) is 16.6 Å². The minimum Gasteiger partial charge on any atom is -0.493 e. The zero-order chi connectivity index (χ0) is 22.1. The molecule has 7 heteroatoms. The third-order valence-electron chi connectivity index (χ3n) is 5.94. The summed E-state index contributed by atoms with van der Waals surface area (Å²) in [5.74, 6) is 1.78. The minimum atomic E-state index is 0.511. The summed E-state index contributed by atoms with van der Waals surface area (Å²) in [5, 5.41) is 4.12. The number of hydrogen-bond donors (Lipinski definition) is 1. The number of nitrogens with one attached hydrogen (secondary N) is 1. The van der Waals surface area contributed by atoms with Gasteiger partial charge in [-0.2, -0.15) is 0 Å². The van der Waals surface area contributed by atoms with Gasteiger partial charge in [0.25, 0.3) is 0 Å². The summed E-state index contributed by atoms with van der Waals surface area (Å²) >= 11 is 5.71. The van der Waals surface area contributed by atoms with Crippen molar-refractivity contribution in [3.8, 4) is 11.5 Å². The van der Waals surface area contributed by atoms with Crippen molar-refractivity contribution in [1.82, 2.24) is 14.9 Å². The number of ether oxygens (including phenoxy) is 2. The molecule has 0 bridgehead atoms. The van der Waals surface area contributed by atoms with Gasteiger partial charge in [-0.05, 0) is 42.4 Å². The molecule has 0 spiro atoms. The first kappa shape index (κ1) is 20.5. The van der Waals surface area contributed by atoms with Crippen LogP contribution >= 0.6 is 12.2 Å². The zero-order valence-corrected chi connectivity index (χ0v) is 18.9. The highest BCUT2D eigenvalue weighted by Gasteiger charge is 2.25. The Morgan fingerprint density at radius 1 is 0.906 bits per heavy atom. The van der Waals surface area contributed by atoms with E-state index in [9.17, 15) is 0 Å². The van der Waals surface area contributed by atoms with Gasteiger partial charge in [0, 0.05) is 36.8 Å². The molecule has 1 aliphatic heterocycles. The Bertz CT molecular complexity index is 1300. The molecule has 4 aromatic rings. The molecule has 5 rings (SSSR count). The second-order valence-corrected chi connectivity index (χ2v) is 8.28. The molecular formula is C25H24N4O2S. The number of likely N-dealkylation sites (tertiary alicyclic amines) is 1. The van der Waals surface area contributed by atoms with Crippen molar-refractivity contribution < 1.29 is 9.47 Å². The standard InChI is InChI=1S/C25H24N4O2S/c1-30-23-13-21-22(14-24(23)31-2)28-20-12-18(8-9-19(20)27-21)26-25(32)29-11-10-17(15-29)16-6-4-3-5-7-16/h3-9,12-14,17H,10-11,15H2,1-2H3,(H,26,32)/t17-/m0/s1. The van der Waals surface area contributed by atoms with Crippen LogP contribution in [0.2, 0.25) is 0 Å². The summed E-state index contributed by atoms with van der Waals surface area (Å²) in [4.78, 5) is 11.8. The van der Waals surface area contributed by atoms with Crippen LogP contribution in [0.1, 0.15) is 17.9 Å². The van der Waals surface area contributed by atoms with E-state index in [0.717, 1.165) is 52.4 Å². The van der Waals surface area contributed by atoms with E-state index in [4.69, 9.17) is 31.7 Å². The van der Waals surface area contributed by atoms with Crippen molar-refractivity contribution in [2.24, 2.45) is 0 Å². The fraction of sp³-hybridized carbons (Fsp3) is 0.240. The summed E-state index contributed by atoms with van der Waals surface area (Å²) in [5.41, 5.74) is 5.39. The van der Waals surface area contributed by atoms with Crippen molar-refractivity contribution >= 4 is 45.1 Å². The van der Waals surface area contributed by atoms with Crippen molar-refractivity contribution in [2.75, 3.05) is 32.6 Å². The highest BCUT2D eigenvalue weighted by atomic mass is 32.1. The van der Waals surface area contributed by atoms with Crippen LogP contribution < -0.4 is 14.8 Å². The number of thiocarbonyl (C=S) groups is 1. The van der Waals surface area contributed by atoms with Gasteiger partial charge in [-0.15, -0.1) is 0 Å². The first-order valence-corrected chi connectivity index (χ1v) is 11.0. The number of nitrogens with zero attached hydrogens (tertiary/aromatic N) is 3. The largest absolute Gasteiger partial charge is 0.493 e. The van der Waals surface area contributed by atoms with E-state index in [-0.39, 0.29) is 0 Å². The lowest BCUT2D eigenvalue weighted by atomic mass is 9.99. The topological polar surface area (TPSA) is 59.5 Å². The Balaban J connectivity index is 1.36. The fourth-order valence-electron chi connectivity index (χ4n) is 4.23. The van der Waals surface area contributed by atoms with Gasteiger partial charge < -0.3 is 19.7 Å². The van der Waals surface area contributed by atoms with Gasteiger partial charge in [0.1, 0.15) is 0 Å². The number of benzene rings is 3. The van der Waals surface area contributed by atoms with E-state index < -0.39 is 0 Å². The molecule has 32 heavy (non-hydrogen) atoms. The molecular weight excluding hydrogens is 420 g/mol. The molecule has 0 aliphatic carbocycles. The van der Waals surface area contributed by atoms with Crippen LogP contribution in [0.25, 0.3) is 22.1 Å². The Kier molecular flexibility index (Phi) is 5.49. The number of methoxy groups -OCH3 is 2. The van der Waals surface area contributed by atoms with E-state index in [0.29, 0.717) is 17.4 Å². The lowest BCUT2D eigenvalue weighted by Crippen LogP contribution is -2.32. The summed E-state index contributed by atoms with van der Waals surface area (Å²) < 4.78 is 10.8. The molecule has 1 atom stereocenters. The molecule has 1 N–H and O–H groups in total. The van der Waals surface area contributed by atoms with E-state index in [2.05, 4.69) is 40.5 Å². The lowest BCUT2D eigenvalue weighted by Gasteiger charge is -2.21. The van der Waals surface area contributed by atoms with Gasteiger partial charge in [-0.3, -0.25) is 0 Å². The fourth-order valence-corrected chi connectivity index (χ4v) is 4.51. The van der Waals surface area contributed by atoms with Crippen LogP contribution in [0.3, 0.4) is 0 Å². The molecule has 3 aromatic carbocycles. The molecule has 0 unspecified atom stereocenters. The second kappa shape index (κ2) is 8.59. The maximum absolute atomic E-state index is 5.71. The predicted molar refractivity (Wildman–Crippen MR) is 132 cm³/mol. The summed E-state index contributed by atoms with van der Waals surface area (Å²) in [7, 11) is 3.23. The second-order valence-electron chi connectivity index (χ2n) is 7.90. The van der Waals surface area contributed by atoms with Gasteiger partial charge in [0.05, 0.1) is 36.3 Å². The molecule has 0 amide bonds. The minimum absolute atomic E-state index is 0.511. The molecule has 1 aromatic heterocycles. The molecule has 1 aliphatic rings. The van der Waals surface area contributed by atoms with E-state index in [1.807, 2.05) is 30.3 Å².